The number of aryl methyl sites for hydroxylation is 1. The number of hydrogen-bond acceptors (Lipinski definition) is 20. The Morgan fingerprint density at radius 3 is 1.91 bits per heavy atom. The molecular formula is C21H24N10O13P2-2. The number of aliphatic hydroxyl groups excluding tert-OH is 2. The Hall–Kier alpha value is -3.44. The number of fused-ring (bicyclic) bond motifs is 4. The van der Waals surface area contributed by atoms with E-state index < -0.39 is 83.5 Å². The molecule has 3 fully saturated rings. The molecule has 23 nitrogen and oxygen atoms in total. The first-order chi connectivity index (χ1) is 21.7. The van der Waals surface area contributed by atoms with Crippen molar-refractivity contribution in [2.24, 2.45) is 0 Å². The molecule has 0 radical (unpaired) electrons. The van der Waals surface area contributed by atoms with Gasteiger partial charge < -0.3 is 59.0 Å². The fraction of sp³-hybridized carbons (Fsp3) is 0.524. The summed E-state index contributed by atoms with van der Waals surface area (Å²) in [5, 5.41) is 22.2. The third-order valence-electron chi connectivity index (χ3n) is 7.53. The number of nitrogen functional groups attached to an aromatic ring is 2. The highest BCUT2D eigenvalue weighted by Gasteiger charge is 2.51. The number of H-pyrrole nitrogens is 1. The van der Waals surface area contributed by atoms with Crippen molar-refractivity contribution < 1.29 is 56.7 Å². The van der Waals surface area contributed by atoms with Crippen LogP contribution in [0, 0.1) is 6.92 Å². The number of rotatable bonds is 2. The Balaban J connectivity index is 1.17. The van der Waals surface area contributed by atoms with Crippen LogP contribution in [0.25, 0.3) is 22.3 Å². The molecule has 4 aromatic heterocycles. The zero-order chi connectivity index (χ0) is 32.7. The van der Waals surface area contributed by atoms with Crippen LogP contribution in [-0.2, 0) is 36.7 Å². The Labute approximate surface area is 255 Å². The smallest absolute Gasteiger partial charge is 0.280 e. The molecule has 3 aliphatic heterocycles. The molecule has 4 unspecified atom stereocenters. The summed E-state index contributed by atoms with van der Waals surface area (Å²) in [6.07, 6.45) is -10.9. The molecule has 0 spiro atoms. The molecule has 0 saturated carbocycles. The molecule has 10 atom stereocenters. The number of aromatic nitrogens is 8. The summed E-state index contributed by atoms with van der Waals surface area (Å²) in [5.74, 6) is -0.398. The Kier molecular flexibility index (Phi) is 7.51. The minimum absolute atomic E-state index is 0.111. The lowest BCUT2D eigenvalue weighted by Crippen LogP contribution is -2.41. The van der Waals surface area contributed by atoms with Gasteiger partial charge in [0.1, 0.15) is 42.1 Å². The lowest BCUT2D eigenvalue weighted by Gasteiger charge is -2.34. The van der Waals surface area contributed by atoms with Crippen molar-refractivity contribution in [1.82, 2.24) is 39.0 Å². The molecule has 248 valence electrons. The van der Waals surface area contributed by atoms with Crippen LogP contribution >= 0.6 is 15.6 Å². The van der Waals surface area contributed by atoms with Gasteiger partial charge in [-0.15, -0.1) is 0 Å². The van der Waals surface area contributed by atoms with Crippen molar-refractivity contribution in [3.8, 4) is 0 Å². The van der Waals surface area contributed by atoms with Gasteiger partial charge in [-0.1, -0.05) is 0 Å². The summed E-state index contributed by atoms with van der Waals surface area (Å²) >= 11 is 0. The second kappa shape index (κ2) is 11.1. The summed E-state index contributed by atoms with van der Waals surface area (Å²) < 4.78 is 60.1. The summed E-state index contributed by atoms with van der Waals surface area (Å²) in [6.45, 7) is -0.215. The average molecular weight is 686 g/mol. The predicted octanol–water partition coefficient (Wildman–Crippen LogP) is -3.30. The van der Waals surface area contributed by atoms with Crippen LogP contribution in [0.4, 0.5) is 11.9 Å². The standard InChI is InChI=1S/C21H26N10O13P2/c1-6-9-15(27-20(22)26-6)30(4-24-9)18-11(32)13-7(41-18)2-39-46(37,38)44-14-8(3-40-45(35,36)43-13)42-19(12(14)33)31-5-25-10-16(31)28-21(23)29-17(10)34/h4-5,7-8,11-14,18-19,32-33H,2-3H2,1H3,(H,35,36)(H,37,38)(H2,22,26,27)(H3,23,28,29,34)/p-2/t7-,8-,11-,12-,13?,14?,18+,19+/m0/s1. The summed E-state index contributed by atoms with van der Waals surface area (Å²) in [4.78, 5) is 60.6. The van der Waals surface area contributed by atoms with Crippen molar-refractivity contribution in [3.63, 3.8) is 0 Å². The van der Waals surface area contributed by atoms with Crippen molar-refractivity contribution in [1.29, 1.82) is 0 Å². The maximum absolute atomic E-state index is 13.0. The lowest BCUT2D eigenvalue weighted by molar-refractivity contribution is -0.244. The highest BCUT2D eigenvalue weighted by molar-refractivity contribution is 7.46. The molecule has 4 aromatic rings. The highest BCUT2D eigenvalue weighted by Crippen LogP contribution is 2.50. The van der Waals surface area contributed by atoms with Gasteiger partial charge in [-0.3, -0.25) is 28.0 Å². The summed E-state index contributed by atoms with van der Waals surface area (Å²) in [5.41, 5.74) is 11.2. The van der Waals surface area contributed by atoms with Crippen molar-refractivity contribution >= 4 is 49.9 Å². The average Bonchev–Trinajstić information content (AvgIpc) is 3.72. The number of aliphatic hydroxyl groups is 2. The van der Waals surface area contributed by atoms with Crippen LogP contribution in [0.15, 0.2) is 17.4 Å². The normalized spacial score (nSPS) is 37.2. The van der Waals surface area contributed by atoms with Gasteiger partial charge in [-0.2, -0.15) is 9.97 Å². The molecule has 7 heterocycles. The lowest BCUT2D eigenvalue weighted by atomic mass is 10.1. The second-order valence-corrected chi connectivity index (χ2v) is 13.2. The molecular weight excluding hydrogens is 662 g/mol. The van der Waals surface area contributed by atoms with Gasteiger partial charge in [-0.05, 0) is 6.92 Å². The van der Waals surface area contributed by atoms with E-state index in [2.05, 4.69) is 29.9 Å². The molecule has 0 bridgehead atoms. The molecule has 3 aliphatic rings. The van der Waals surface area contributed by atoms with E-state index in [1.165, 1.54) is 10.9 Å². The molecule has 7 N–H and O–H groups in total. The number of nitrogens with zero attached hydrogens (tertiary/aromatic N) is 7. The zero-order valence-electron chi connectivity index (χ0n) is 23.3. The number of nitrogens with one attached hydrogen (secondary N) is 1. The molecule has 0 aromatic carbocycles. The van der Waals surface area contributed by atoms with Gasteiger partial charge in [0.05, 0.1) is 31.6 Å². The number of phosphoric ester groups is 2. The van der Waals surface area contributed by atoms with Crippen LogP contribution in [0.1, 0.15) is 18.1 Å². The number of imidazole rings is 2. The largest absolute Gasteiger partial charge is 0.756 e. The molecule has 0 amide bonds. The number of phosphoric acid groups is 2. The van der Waals surface area contributed by atoms with Gasteiger partial charge in [0.2, 0.25) is 11.9 Å². The van der Waals surface area contributed by atoms with E-state index in [0.717, 1.165) is 10.9 Å². The highest BCUT2D eigenvalue weighted by atomic mass is 31.2. The Morgan fingerprint density at radius 1 is 0.870 bits per heavy atom. The fourth-order valence-electron chi connectivity index (χ4n) is 5.51. The molecule has 25 heteroatoms. The Bertz CT molecular complexity index is 1990. The first-order valence-electron chi connectivity index (χ1n) is 13.4. The first kappa shape index (κ1) is 31.2. The van der Waals surface area contributed by atoms with E-state index >= 15 is 0 Å². The second-order valence-electron chi connectivity index (χ2n) is 10.5. The monoisotopic (exact) mass is 686 g/mol. The van der Waals surface area contributed by atoms with Crippen LogP contribution < -0.4 is 26.8 Å². The number of nitrogens with two attached hydrogens (primary N) is 2. The quantitative estimate of drug-likeness (QED) is 0.129. The fourth-order valence-corrected chi connectivity index (χ4v) is 7.41. The van der Waals surface area contributed by atoms with E-state index in [0.29, 0.717) is 11.2 Å². The van der Waals surface area contributed by atoms with Crippen molar-refractivity contribution in [2.45, 2.75) is 56.0 Å². The maximum atomic E-state index is 13.0. The van der Waals surface area contributed by atoms with E-state index in [-0.39, 0.29) is 28.7 Å². The number of ether oxygens (including phenoxy) is 2. The van der Waals surface area contributed by atoms with E-state index in [1.807, 2.05) is 0 Å². The van der Waals surface area contributed by atoms with Crippen LogP contribution in [-0.4, -0.2) is 99.1 Å². The molecule has 46 heavy (non-hydrogen) atoms. The first-order valence-corrected chi connectivity index (χ1v) is 16.3. The summed E-state index contributed by atoms with van der Waals surface area (Å²) in [6, 6.07) is 0. The van der Waals surface area contributed by atoms with Crippen molar-refractivity contribution in [2.75, 3.05) is 24.7 Å². The van der Waals surface area contributed by atoms with E-state index in [1.54, 1.807) is 6.92 Å². The maximum Gasteiger partial charge on any atom is 0.280 e. The summed E-state index contributed by atoms with van der Waals surface area (Å²) in [7, 11) is -10.6. The van der Waals surface area contributed by atoms with Crippen LogP contribution in [0.5, 0.6) is 0 Å². The van der Waals surface area contributed by atoms with Gasteiger partial charge in [0.25, 0.3) is 21.2 Å². The van der Waals surface area contributed by atoms with Gasteiger partial charge >= 0.3 is 0 Å². The topological polar surface area (TPSA) is 335 Å². The van der Waals surface area contributed by atoms with Crippen LogP contribution in [0.2, 0.25) is 0 Å². The van der Waals surface area contributed by atoms with Crippen LogP contribution in [0.3, 0.4) is 0 Å². The SMILES string of the molecule is Cc1nc(N)nc2c1ncn2[C@@H]1O[C@H]2COP(=O)([O-])OC3[C@H](COP(=O)([O-])OC2[C@@H]1O)O[C@@H](n1cnc2c(=O)[nH]c(N)nc21)[C@H]3O. The number of aromatic amines is 1. The predicted molar refractivity (Wildman–Crippen MR) is 144 cm³/mol. The van der Waals surface area contributed by atoms with Crippen molar-refractivity contribution in [3.05, 3.63) is 28.7 Å². The minimum atomic E-state index is -5.33. The van der Waals surface area contributed by atoms with E-state index in [4.69, 9.17) is 39.0 Å². The number of hydrogen-bond donors (Lipinski definition) is 5. The number of anilines is 2. The molecule has 7 rings (SSSR count). The molecule has 3 saturated heterocycles. The van der Waals surface area contributed by atoms with Gasteiger partial charge in [0, 0.05) is 0 Å². The zero-order valence-corrected chi connectivity index (χ0v) is 25.0. The minimum Gasteiger partial charge on any atom is -0.756 e. The van der Waals surface area contributed by atoms with E-state index in [9.17, 15) is 33.9 Å². The third kappa shape index (κ3) is 5.39. The van der Waals surface area contributed by atoms with Gasteiger partial charge in [0.15, 0.2) is 29.3 Å². The van der Waals surface area contributed by atoms with Gasteiger partial charge in [-0.25, -0.2) is 15.0 Å². The molecule has 0 aliphatic carbocycles. The Morgan fingerprint density at radius 2 is 1.37 bits per heavy atom. The third-order valence-corrected chi connectivity index (χ3v) is 9.46.